The van der Waals surface area contributed by atoms with Crippen LogP contribution in [-0.2, 0) is 17.3 Å². The number of carbonyl (C=O) groups is 1. The molecule has 1 unspecified atom stereocenters. The predicted octanol–water partition coefficient (Wildman–Crippen LogP) is 2.41. The molecule has 0 bridgehead atoms. The van der Waals surface area contributed by atoms with Gasteiger partial charge in [-0.3, -0.25) is 9.48 Å². The summed E-state index contributed by atoms with van der Waals surface area (Å²) in [6, 6.07) is 1.35. The Bertz CT molecular complexity index is 1570. The standard InChI is InChI=1S/C27H33N11O/c1-16-13-38-15-22(31-25(38)23(29-16)20-12-28-35-33-20)32-26(39)27(2)9-6-21(19-14-36(3)34-24(19)27)37-10-7-18(8-11-37)30-17-4-5-17/h6,12-15,17-18,30H,4-5,7-11H2,1-3H3,(H,32,39)(H,28,33,35). The zero-order valence-corrected chi connectivity index (χ0v) is 22.5. The minimum Gasteiger partial charge on any atom is -0.371 e. The Hall–Kier alpha value is -4.06. The normalized spacial score (nSPS) is 21.7. The van der Waals surface area contributed by atoms with E-state index in [4.69, 9.17) is 5.10 Å². The van der Waals surface area contributed by atoms with Crippen LogP contribution in [0.1, 0.15) is 56.0 Å². The lowest BCUT2D eigenvalue weighted by Gasteiger charge is -2.39. The van der Waals surface area contributed by atoms with Gasteiger partial charge in [-0.1, -0.05) is 6.08 Å². The van der Waals surface area contributed by atoms with Gasteiger partial charge < -0.3 is 19.9 Å². The Morgan fingerprint density at radius 1 is 1.10 bits per heavy atom. The van der Waals surface area contributed by atoms with Gasteiger partial charge in [0.25, 0.3) is 0 Å². The van der Waals surface area contributed by atoms with Crippen LogP contribution in [0.4, 0.5) is 5.82 Å². The molecule has 7 rings (SSSR count). The number of piperidine rings is 1. The summed E-state index contributed by atoms with van der Waals surface area (Å²) in [7, 11) is 1.92. The fraction of sp³-hybridized carbons (Fsp3) is 0.481. The average Bonchev–Trinajstić information content (AvgIpc) is 3.28. The van der Waals surface area contributed by atoms with Gasteiger partial charge in [0.15, 0.2) is 11.5 Å². The monoisotopic (exact) mass is 527 g/mol. The van der Waals surface area contributed by atoms with E-state index < -0.39 is 5.41 Å². The van der Waals surface area contributed by atoms with Crippen molar-refractivity contribution in [1.29, 1.82) is 0 Å². The van der Waals surface area contributed by atoms with E-state index in [0.717, 1.165) is 48.9 Å². The summed E-state index contributed by atoms with van der Waals surface area (Å²) in [5.41, 5.74) is 4.81. The van der Waals surface area contributed by atoms with E-state index in [1.54, 1.807) is 12.4 Å². The molecule has 12 nitrogen and oxygen atoms in total. The van der Waals surface area contributed by atoms with Gasteiger partial charge in [-0.25, -0.2) is 9.97 Å². The van der Waals surface area contributed by atoms with E-state index in [-0.39, 0.29) is 5.91 Å². The maximum absolute atomic E-state index is 13.8. The zero-order valence-electron chi connectivity index (χ0n) is 22.5. The molecule has 5 heterocycles. The molecule has 1 aliphatic heterocycles. The highest BCUT2D eigenvalue weighted by atomic mass is 16.2. The number of allylic oxidation sites excluding steroid dienone is 1. The van der Waals surface area contributed by atoms with Crippen molar-refractivity contribution in [2.75, 3.05) is 18.4 Å². The summed E-state index contributed by atoms with van der Waals surface area (Å²) in [5.74, 6) is 0.317. The van der Waals surface area contributed by atoms with Crippen molar-refractivity contribution < 1.29 is 4.79 Å². The lowest BCUT2D eigenvalue weighted by Crippen LogP contribution is -2.44. The number of amides is 1. The number of fused-ring (bicyclic) bond motifs is 2. The van der Waals surface area contributed by atoms with Crippen molar-refractivity contribution in [2.24, 2.45) is 7.05 Å². The first-order valence-corrected chi connectivity index (χ1v) is 13.7. The highest BCUT2D eigenvalue weighted by molar-refractivity contribution is 6.00. The van der Waals surface area contributed by atoms with Gasteiger partial charge >= 0.3 is 0 Å². The molecule has 12 heteroatoms. The number of aromatic amines is 1. The fourth-order valence-corrected chi connectivity index (χ4v) is 5.89. The lowest BCUT2D eigenvalue weighted by atomic mass is 9.76. The second-order valence-electron chi connectivity index (χ2n) is 11.3. The van der Waals surface area contributed by atoms with Crippen LogP contribution in [0, 0.1) is 6.92 Å². The summed E-state index contributed by atoms with van der Waals surface area (Å²) >= 11 is 0. The van der Waals surface area contributed by atoms with E-state index in [0.29, 0.717) is 35.3 Å². The lowest BCUT2D eigenvalue weighted by molar-refractivity contribution is -0.121. The first-order chi connectivity index (χ1) is 18.9. The summed E-state index contributed by atoms with van der Waals surface area (Å²) in [6.07, 6.45) is 15.0. The van der Waals surface area contributed by atoms with Crippen LogP contribution in [-0.4, -0.2) is 75.5 Å². The Kier molecular flexibility index (Phi) is 5.55. The Balaban J connectivity index is 1.14. The van der Waals surface area contributed by atoms with E-state index in [1.165, 1.54) is 18.5 Å². The molecule has 2 fully saturated rings. The number of rotatable bonds is 6. The van der Waals surface area contributed by atoms with Crippen molar-refractivity contribution in [2.45, 2.75) is 63.5 Å². The molecule has 4 aromatic rings. The van der Waals surface area contributed by atoms with Gasteiger partial charge in [-0.05, 0) is 46.0 Å². The van der Waals surface area contributed by atoms with Crippen LogP contribution in [0.25, 0.3) is 22.7 Å². The second-order valence-corrected chi connectivity index (χ2v) is 11.3. The molecule has 0 radical (unpaired) electrons. The minimum atomic E-state index is -0.829. The van der Waals surface area contributed by atoms with Crippen molar-refractivity contribution in [3.05, 3.63) is 47.8 Å². The Morgan fingerprint density at radius 2 is 1.90 bits per heavy atom. The molecular weight excluding hydrogens is 494 g/mol. The van der Waals surface area contributed by atoms with Gasteiger partial charge in [0.05, 0.1) is 29.2 Å². The molecule has 0 spiro atoms. The number of aromatic nitrogens is 8. The number of likely N-dealkylation sites (tertiary alicyclic amines) is 1. The summed E-state index contributed by atoms with van der Waals surface area (Å²) in [4.78, 5) is 25.6. The van der Waals surface area contributed by atoms with Crippen LogP contribution in [0.15, 0.2) is 30.9 Å². The molecular formula is C27H33N11O. The summed E-state index contributed by atoms with van der Waals surface area (Å²) in [5, 5.41) is 22.3. The third-order valence-corrected chi connectivity index (χ3v) is 8.17. The second kappa shape index (κ2) is 9.01. The van der Waals surface area contributed by atoms with Crippen LogP contribution in [0.3, 0.4) is 0 Å². The molecule has 4 aromatic heterocycles. The van der Waals surface area contributed by atoms with E-state index in [9.17, 15) is 4.79 Å². The first kappa shape index (κ1) is 24.0. The molecule has 3 N–H and O–H groups in total. The van der Waals surface area contributed by atoms with Gasteiger partial charge in [-0.15, -0.1) is 0 Å². The fourth-order valence-electron chi connectivity index (χ4n) is 5.89. The van der Waals surface area contributed by atoms with Gasteiger partial charge in [0.2, 0.25) is 5.91 Å². The SMILES string of the molecule is Cc1cn2cc(NC(=O)C3(C)CC=C(N4CCC(NC5CC5)CC4)c4cn(C)nc43)nc2c(-c2cn[nH]n2)n1. The number of hydrogen-bond donors (Lipinski definition) is 3. The van der Waals surface area contributed by atoms with E-state index >= 15 is 0 Å². The number of nitrogens with one attached hydrogen (secondary N) is 3. The van der Waals surface area contributed by atoms with E-state index in [2.05, 4.69) is 47.0 Å². The van der Waals surface area contributed by atoms with E-state index in [1.807, 2.05) is 42.4 Å². The number of H-pyrrole nitrogens is 1. The van der Waals surface area contributed by atoms with Crippen molar-refractivity contribution in [3.63, 3.8) is 0 Å². The molecule has 3 aliphatic rings. The number of imidazole rings is 1. The van der Waals surface area contributed by atoms with Crippen LogP contribution in [0.2, 0.25) is 0 Å². The number of anilines is 1. The maximum atomic E-state index is 13.8. The molecule has 1 saturated carbocycles. The third-order valence-electron chi connectivity index (χ3n) is 8.17. The molecule has 2 aliphatic carbocycles. The molecule has 1 saturated heterocycles. The summed E-state index contributed by atoms with van der Waals surface area (Å²) in [6.45, 7) is 5.89. The van der Waals surface area contributed by atoms with Gasteiger partial charge in [0, 0.05) is 55.9 Å². The minimum absolute atomic E-state index is 0.138. The van der Waals surface area contributed by atoms with Crippen molar-refractivity contribution in [1.82, 2.24) is 49.8 Å². The summed E-state index contributed by atoms with van der Waals surface area (Å²) < 4.78 is 3.68. The molecule has 1 amide bonds. The maximum Gasteiger partial charge on any atom is 0.237 e. The molecule has 1 atom stereocenters. The smallest absolute Gasteiger partial charge is 0.237 e. The van der Waals surface area contributed by atoms with Crippen molar-refractivity contribution in [3.8, 4) is 11.4 Å². The number of aryl methyl sites for hydroxylation is 2. The number of hydrogen-bond acceptors (Lipinski definition) is 8. The first-order valence-electron chi connectivity index (χ1n) is 13.7. The topological polar surface area (TPSA) is 134 Å². The van der Waals surface area contributed by atoms with Crippen LogP contribution >= 0.6 is 0 Å². The van der Waals surface area contributed by atoms with Gasteiger partial charge in [0.1, 0.15) is 11.4 Å². The Labute approximate surface area is 225 Å². The van der Waals surface area contributed by atoms with Crippen molar-refractivity contribution >= 4 is 23.1 Å². The largest absolute Gasteiger partial charge is 0.371 e. The van der Waals surface area contributed by atoms with Gasteiger partial charge in [-0.2, -0.15) is 20.5 Å². The number of nitrogens with zero attached hydrogens (tertiary/aromatic N) is 8. The highest BCUT2D eigenvalue weighted by Gasteiger charge is 2.43. The third kappa shape index (κ3) is 4.28. The quantitative estimate of drug-likeness (QED) is 0.348. The molecule has 0 aromatic carbocycles. The molecule has 39 heavy (non-hydrogen) atoms. The average molecular weight is 528 g/mol. The Morgan fingerprint density at radius 3 is 2.64 bits per heavy atom. The molecule has 202 valence electrons. The predicted molar refractivity (Wildman–Crippen MR) is 146 cm³/mol. The van der Waals surface area contributed by atoms with Crippen LogP contribution in [0.5, 0.6) is 0 Å². The zero-order chi connectivity index (χ0) is 26.7. The highest BCUT2D eigenvalue weighted by Crippen LogP contribution is 2.41. The number of carbonyl (C=O) groups excluding carboxylic acids is 1. The van der Waals surface area contributed by atoms with Crippen LogP contribution < -0.4 is 10.6 Å².